The number of ether oxygens (including phenoxy) is 4. The van der Waals surface area contributed by atoms with Crippen molar-refractivity contribution in [3.05, 3.63) is 35.1 Å². The van der Waals surface area contributed by atoms with Crippen LogP contribution < -0.4 is 0 Å². The lowest BCUT2D eigenvalue weighted by Crippen LogP contribution is -2.31. The number of hydrogen-bond acceptors (Lipinski definition) is 5. The summed E-state index contributed by atoms with van der Waals surface area (Å²) in [4.78, 5) is 2.15. The average Bonchev–Trinajstić information content (AvgIpc) is 2.59. The minimum atomic E-state index is -0.128. The molecular formula is C18H28FNO4. The van der Waals surface area contributed by atoms with Crippen LogP contribution in [0.15, 0.2) is 18.2 Å². The van der Waals surface area contributed by atoms with Gasteiger partial charge < -0.3 is 18.9 Å². The number of aryl methyl sites for hydroxylation is 1. The van der Waals surface area contributed by atoms with Crippen molar-refractivity contribution in [3.63, 3.8) is 0 Å². The second-order valence-corrected chi connectivity index (χ2v) is 5.77. The predicted molar refractivity (Wildman–Crippen MR) is 89.7 cm³/mol. The molecule has 1 aliphatic rings. The number of benzene rings is 1. The van der Waals surface area contributed by atoms with E-state index in [2.05, 4.69) is 4.90 Å². The van der Waals surface area contributed by atoms with Gasteiger partial charge in [0.2, 0.25) is 0 Å². The smallest absolute Gasteiger partial charge is 0.130 e. The summed E-state index contributed by atoms with van der Waals surface area (Å²) in [7, 11) is 0. The number of halogens is 1. The van der Waals surface area contributed by atoms with Crippen molar-refractivity contribution < 1.29 is 23.3 Å². The highest BCUT2D eigenvalue weighted by molar-refractivity contribution is 5.24. The number of rotatable bonds is 2. The second kappa shape index (κ2) is 11.5. The molecule has 0 saturated carbocycles. The van der Waals surface area contributed by atoms with E-state index in [0.29, 0.717) is 70.5 Å². The van der Waals surface area contributed by atoms with E-state index in [1.54, 1.807) is 13.0 Å². The minimum Gasteiger partial charge on any atom is -0.378 e. The molecule has 0 spiro atoms. The third kappa shape index (κ3) is 7.23. The van der Waals surface area contributed by atoms with E-state index in [1.165, 1.54) is 0 Å². The first-order chi connectivity index (χ1) is 11.8. The summed E-state index contributed by atoms with van der Waals surface area (Å²) in [6.07, 6.45) is 0. The molecule has 136 valence electrons. The van der Waals surface area contributed by atoms with Gasteiger partial charge in [-0.05, 0) is 12.5 Å². The molecule has 1 fully saturated rings. The van der Waals surface area contributed by atoms with Gasteiger partial charge >= 0.3 is 0 Å². The number of hydrogen-bond donors (Lipinski definition) is 0. The first kappa shape index (κ1) is 19.3. The van der Waals surface area contributed by atoms with Gasteiger partial charge in [-0.3, -0.25) is 4.90 Å². The highest BCUT2D eigenvalue weighted by Gasteiger charge is 2.11. The Morgan fingerprint density at radius 1 is 0.833 bits per heavy atom. The van der Waals surface area contributed by atoms with E-state index in [9.17, 15) is 4.39 Å². The van der Waals surface area contributed by atoms with E-state index in [1.807, 2.05) is 12.1 Å². The summed E-state index contributed by atoms with van der Waals surface area (Å²) in [5.74, 6) is -0.128. The van der Waals surface area contributed by atoms with E-state index in [0.717, 1.165) is 13.1 Å². The van der Waals surface area contributed by atoms with Crippen LogP contribution in [-0.2, 0) is 25.5 Å². The van der Waals surface area contributed by atoms with Gasteiger partial charge in [-0.25, -0.2) is 4.39 Å². The SMILES string of the molecule is Cc1cccc(CN2CCOCCOCCOCCOCC2)c1F. The van der Waals surface area contributed by atoms with Crippen molar-refractivity contribution in [1.82, 2.24) is 4.90 Å². The van der Waals surface area contributed by atoms with Crippen LogP contribution in [0.3, 0.4) is 0 Å². The van der Waals surface area contributed by atoms with Crippen LogP contribution in [0.1, 0.15) is 11.1 Å². The maximum atomic E-state index is 14.2. The summed E-state index contributed by atoms with van der Waals surface area (Å²) < 4.78 is 36.2. The fourth-order valence-electron chi connectivity index (χ4n) is 2.49. The van der Waals surface area contributed by atoms with Gasteiger partial charge in [-0.15, -0.1) is 0 Å². The van der Waals surface area contributed by atoms with Crippen LogP contribution in [0.4, 0.5) is 4.39 Å². The largest absolute Gasteiger partial charge is 0.378 e. The Balaban J connectivity index is 1.87. The van der Waals surface area contributed by atoms with Gasteiger partial charge in [0.05, 0.1) is 52.9 Å². The molecule has 0 aromatic heterocycles. The maximum Gasteiger partial charge on any atom is 0.130 e. The molecule has 0 radical (unpaired) electrons. The van der Waals surface area contributed by atoms with Crippen molar-refractivity contribution in [1.29, 1.82) is 0 Å². The van der Waals surface area contributed by atoms with Crippen LogP contribution in [0.25, 0.3) is 0 Å². The topological polar surface area (TPSA) is 40.2 Å². The van der Waals surface area contributed by atoms with Crippen molar-refractivity contribution in [2.24, 2.45) is 0 Å². The summed E-state index contributed by atoms with van der Waals surface area (Å²) >= 11 is 0. The zero-order valence-electron chi connectivity index (χ0n) is 14.5. The summed E-state index contributed by atoms with van der Waals surface area (Å²) in [5.41, 5.74) is 1.38. The molecule has 1 aromatic carbocycles. The third-order valence-electron chi connectivity index (χ3n) is 3.89. The molecule has 6 heteroatoms. The molecule has 0 aliphatic carbocycles. The Morgan fingerprint density at radius 3 is 1.88 bits per heavy atom. The lowest BCUT2D eigenvalue weighted by Gasteiger charge is -2.23. The van der Waals surface area contributed by atoms with Crippen molar-refractivity contribution >= 4 is 0 Å². The van der Waals surface area contributed by atoms with Gasteiger partial charge in [0.1, 0.15) is 5.82 Å². The Kier molecular flexibility index (Phi) is 9.23. The standard InChI is InChI=1S/C18H28FNO4/c1-16-3-2-4-17(18(16)19)15-20-5-7-21-9-11-23-13-14-24-12-10-22-8-6-20/h2-4H,5-15H2,1H3. The van der Waals surface area contributed by atoms with Gasteiger partial charge in [0.25, 0.3) is 0 Å². The molecule has 2 rings (SSSR count). The summed E-state index contributed by atoms with van der Waals surface area (Å²) in [6.45, 7) is 8.36. The lowest BCUT2D eigenvalue weighted by atomic mass is 10.1. The quantitative estimate of drug-likeness (QED) is 0.823. The molecular weight excluding hydrogens is 313 g/mol. The Hall–Kier alpha value is -1.05. The molecule has 1 aromatic rings. The van der Waals surface area contributed by atoms with Crippen molar-refractivity contribution in [2.45, 2.75) is 13.5 Å². The lowest BCUT2D eigenvalue weighted by molar-refractivity contribution is 0.00206. The average molecular weight is 341 g/mol. The highest BCUT2D eigenvalue weighted by Crippen LogP contribution is 2.14. The van der Waals surface area contributed by atoms with E-state index >= 15 is 0 Å². The maximum absolute atomic E-state index is 14.2. The molecule has 1 heterocycles. The molecule has 0 bridgehead atoms. The zero-order valence-corrected chi connectivity index (χ0v) is 14.5. The Labute approximate surface area is 143 Å². The normalized spacial score (nSPS) is 20.2. The summed E-state index contributed by atoms with van der Waals surface area (Å²) in [5, 5.41) is 0. The van der Waals surface area contributed by atoms with Crippen LogP contribution >= 0.6 is 0 Å². The summed E-state index contributed by atoms with van der Waals surface area (Å²) in [6, 6.07) is 5.52. The predicted octanol–water partition coefficient (Wildman–Crippen LogP) is 2.02. The van der Waals surface area contributed by atoms with Gasteiger partial charge in [-0.2, -0.15) is 0 Å². The van der Waals surface area contributed by atoms with Crippen molar-refractivity contribution in [3.8, 4) is 0 Å². The molecule has 24 heavy (non-hydrogen) atoms. The van der Waals surface area contributed by atoms with Crippen LogP contribution in [0, 0.1) is 12.7 Å². The highest BCUT2D eigenvalue weighted by atomic mass is 19.1. The van der Waals surface area contributed by atoms with Crippen molar-refractivity contribution in [2.75, 3.05) is 65.9 Å². The Morgan fingerprint density at radius 2 is 1.33 bits per heavy atom. The molecule has 1 aliphatic heterocycles. The molecule has 0 amide bonds. The zero-order chi connectivity index (χ0) is 17.0. The van der Waals surface area contributed by atoms with E-state index < -0.39 is 0 Å². The van der Waals surface area contributed by atoms with Crippen LogP contribution in [-0.4, -0.2) is 70.8 Å². The third-order valence-corrected chi connectivity index (χ3v) is 3.89. The van der Waals surface area contributed by atoms with E-state index in [-0.39, 0.29) is 5.82 Å². The van der Waals surface area contributed by atoms with Gasteiger partial charge in [-0.1, -0.05) is 18.2 Å². The fourth-order valence-corrected chi connectivity index (χ4v) is 2.49. The minimum absolute atomic E-state index is 0.128. The van der Waals surface area contributed by atoms with Gasteiger partial charge in [0.15, 0.2) is 0 Å². The van der Waals surface area contributed by atoms with Gasteiger partial charge in [0, 0.05) is 25.2 Å². The van der Waals surface area contributed by atoms with Crippen LogP contribution in [0.5, 0.6) is 0 Å². The molecule has 0 unspecified atom stereocenters. The van der Waals surface area contributed by atoms with Crippen LogP contribution in [0.2, 0.25) is 0 Å². The van der Waals surface area contributed by atoms with E-state index in [4.69, 9.17) is 18.9 Å². The number of nitrogens with zero attached hydrogens (tertiary/aromatic N) is 1. The first-order valence-corrected chi connectivity index (χ1v) is 8.54. The first-order valence-electron chi connectivity index (χ1n) is 8.54. The second-order valence-electron chi connectivity index (χ2n) is 5.77. The molecule has 1 saturated heterocycles. The molecule has 0 N–H and O–H groups in total. The molecule has 0 atom stereocenters. The fraction of sp³-hybridized carbons (Fsp3) is 0.667. The Bertz CT molecular complexity index is 456. The molecule has 5 nitrogen and oxygen atoms in total. The monoisotopic (exact) mass is 341 g/mol.